The highest BCUT2D eigenvalue weighted by molar-refractivity contribution is 7.13. The van der Waals surface area contributed by atoms with Gasteiger partial charge in [0.05, 0.1) is 24.2 Å². The molecule has 0 aliphatic heterocycles. The second kappa shape index (κ2) is 8.64. The Labute approximate surface area is 160 Å². The summed E-state index contributed by atoms with van der Waals surface area (Å²) in [6.45, 7) is 0.410. The molecule has 8 heteroatoms. The molecule has 6 nitrogen and oxygen atoms in total. The lowest BCUT2D eigenvalue weighted by atomic mass is 10.2. The number of rotatable bonds is 7. The van der Waals surface area contributed by atoms with Crippen LogP contribution in [-0.4, -0.2) is 23.0 Å². The molecule has 1 aromatic carbocycles. The van der Waals surface area contributed by atoms with Crippen molar-refractivity contribution in [3.8, 4) is 5.75 Å². The van der Waals surface area contributed by atoms with E-state index in [2.05, 4.69) is 20.6 Å². The van der Waals surface area contributed by atoms with E-state index in [1.807, 2.05) is 29.6 Å². The average molecular weight is 389 g/mol. The number of thiazole rings is 1. The highest BCUT2D eigenvalue weighted by Gasteiger charge is 2.09. The molecule has 0 spiro atoms. The summed E-state index contributed by atoms with van der Waals surface area (Å²) in [5.74, 6) is 1.30. The summed E-state index contributed by atoms with van der Waals surface area (Å²) in [7, 11) is 1.61. The van der Waals surface area contributed by atoms with E-state index in [4.69, 9.17) is 16.3 Å². The molecule has 2 heterocycles. The molecule has 0 atom stereocenters. The zero-order valence-corrected chi connectivity index (χ0v) is 15.6. The largest absolute Gasteiger partial charge is 0.496 e. The van der Waals surface area contributed by atoms with Gasteiger partial charge in [-0.3, -0.25) is 4.79 Å². The lowest BCUT2D eigenvalue weighted by Crippen LogP contribution is -2.24. The van der Waals surface area contributed by atoms with Crippen LogP contribution in [0.2, 0.25) is 5.02 Å². The maximum absolute atomic E-state index is 12.2. The van der Waals surface area contributed by atoms with Crippen molar-refractivity contribution in [2.75, 3.05) is 12.4 Å². The maximum Gasteiger partial charge on any atom is 0.226 e. The second-order valence-electron chi connectivity index (χ2n) is 5.40. The fraction of sp³-hybridized carbons (Fsp3) is 0.167. The summed E-state index contributed by atoms with van der Waals surface area (Å²) in [6, 6.07) is 11.1. The Kier molecular flexibility index (Phi) is 6.04. The standard InChI is InChI=1S/C18H17ClN4O2S/c1-25-15-5-3-2-4-12(15)9-21-17(24)8-14-11-26-18(22-14)23-16-7-6-13(19)10-20-16/h2-7,10-11H,8-9H2,1H3,(H,21,24)(H,20,22,23). The molecule has 0 fully saturated rings. The Bertz CT molecular complexity index is 883. The fourth-order valence-corrected chi connectivity index (χ4v) is 3.10. The molecule has 2 N–H and O–H groups in total. The van der Waals surface area contributed by atoms with Gasteiger partial charge in [-0.15, -0.1) is 11.3 Å². The molecule has 0 aliphatic rings. The number of aromatic nitrogens is 2. The van der Waals surface area contributed by atoms with Gasteiger partial charge < -0.3 is 15.4 Å². The van der Waals surface area contributed by atoms with E-state index in [1.165, 1.54) is 11.3 Å². The van der Waals surface area contributed by atoms with E-state index < -0.39 is 0 Å². The van der Waals surface area contributed by atoms with Crippen molar-refractivity contribution in [2.24, 2.45) is 0 Å². The summed E-state index contributed by atoms with van der Waals surface area (Å²) in [5, 5.41) is 9.07. The number of anilines is 2. The predicted octanol–water partition coefficient (Wildman–Crippen LogP) is 3.80. The number of nitrogens with zero attached hydrogens (tertiary/aromatic N) is 2. The lowest BCUT2D eigenvalue weighted by molar-refractivity contribution is -0.120. The first-order chi connectivity index (χ1) is 12.6. The summed E-state index contributed by atoms with van der Waals surface area (Å²) in [5.41, 5.74) is 1.63. The molecule has 0 saturated heterocycles. The SMILES string of the molecule is COc1ccccc1CNC(=O)Cc1csc(Nc2ccc(Cl)cn2)n1. The number of carbonyl (C=O) groups is 1. The van der Waals surface area contributed by atoms with E-state index >= 15 is 0 Å². The normalized spacial score (nSPS) is 10.4. The van der Waals surface area contributed by atoms with Gasteiger partial charge in [-0.1, -0.05) is 29.8 Å². The number of hydrogen-bond acceptors (Lipinski definition) is 6. The van der Waals surface area contributed by atoms with Gasteiger partial charge in [0.1, 0.15) is 11.6 Å². The van der Waals surface area contributed by atoms with Crippen LogP contribution in [-0.2, 0) is 17.8 Å². The van der Waals surface area contributed by atoms with Crippen LogP contribution < -0.4 is 15.4 Å². The Hall–Kier alpha value is -2.64. The summed E-state index contributed by atoms with van der Waals surface area (Å²) >= 11 is 7.23. The van der Waals surface area contributed by atoms with Crippen molar-refractivity contribution in [1.82, 2.24) is 15.3 Å². The molecule has 2 aromatic heterocycles. The molecule has 0 saturated carbocycles. The maximum atomic E-state index is 12.2. The number of carbonyl (C=O) groups excluding carboxylic acids is 1. The Morgan fingerprint density at radius 2 is 2.12 bits per heavy atom. The van der Waals surface area contributed by atoms with Crippen LogP contribution in [0, 0.1) is 0 Å². The molecular formula is C18H17ClN4O2S. The highest BCUT2D eigenvalue weighted by Crippen LogP contribution is 2.21. The highest BCUT2D eigenvalue weighted by atomic mass is 35.5. The Balaban J connectivity index is 1.53. The summed E-state index contributed by atoms with van der Waals surface area (Å²) in [4.78, 5) is 20.7. The van der Waals surface area contributed by atoms with Crippen molar-refractivity contribution in [3.05, 3.63) is 64.3 Å². The van der Waals surface area contributed by atoms with E-state index in [1.54, 1.807) is 25.4 Å². The number of ether oxygens (including phenoxy) is 1. The quantitative estimate of drug-likeness (QED) is 0.643. The molecule has 134 valence electrons. The Morgan fingerprint density at radius 3 is 2.88 bits per heavy atom. The van der Waals surface area contributed by atoms with E-state index in [0.29, 0.717) is 28.2 Å². The van der Waals surface area contributed by atoms with Crippen molar-refractivity contribution >= 4 is 39.8 Å². The van der Waals surface area contributed by atoms with Gasteiger partial charge >= 0.3 is 0 Å². The molecule has 0 unspecified atom stereocenters. The minimum atomic E-state index is -0.0997. The number of nitrogens with one attached hydrogen (secondary N) is 2. The molecule has 3 rings (SSSR count). The minimum absolute atomic E-state index is 0.0997. The molecular weight excluding hydrogens is 372 g/mol. The van der Waals surface area contributed by atoms with Crippen LogP contribution in [0.3, 0.4) is 0 Å². The first-order valence-corrected chi connectivity index (χ1v) is 9.11. The van der Waals surface area contributed by atoms with Gasteiger partial charge in [0.15, 0.2) is 5.13 Å². The fourth-order valence-electron chi connectivity index (χ4n) is 2.27. The molecule has 26 heavy (non-hydrogen) atoms. The monoisotopic (exact) mass is 388 g/mol. The van der Waals surface area contributed by atoms with E-state index in [-0.39, 0.29) is 12.3 Å². The van der Waals surface area contributed by atoms with Gasteiger partial charge in [-0.05, 0) is 18.2 Å². The number of amides is 1. The predicted molar refractivity (Wildman–Crippen MR) is 103 cm³/mol. The smallest absolute Gasteiger partial charge is 0.226 e. The van der Waals surface area contributed by atoms with Gasteiger partial charge in [0, 0.05) is 23.7 Å². The third-order valence-electron chi connectivity index (χ3n) is 3.52. The number of benzene rings is 1. The number of halogens is 1. The van der Waals surface area contributed by atoms with Gasteiger partial charge in [0.2, 0.25) is 5.91 Å². The van der Waals surface area contributed by atoms with Crippen molar-refractivity contribution in [3.63, 3.8) is 0 Å². The number of para-hydroxylation sites is 1. The summed E-state index contributed by atoms with van der Waals surface area (Å²) in [6.07, 6.45) is 1.77. The Morgan fingerprint density at radius 1 is 1.27 bits per heavy atom. The molecule has 0 bridgehead atoms. The average Bonchev–Trinajstić information content (AvgIpc) is 3.09. The number of methoxy groups -OCH3 is 1. The van der Waals surface area contributed by atoms with E-state index in [9.17, 15) is 4.79 Å². The van der Waals surface area contributed by atoms with Crippen LogP contribution in [0.15, 0.2) is 48.0 Å². The number of hydrogen-bond donors (Lipinski definition) is 2. The zero-order chi connectivity index (χ0) is 18.4. The lowest BCUT2D eigenvalue weighted by Gasteiger charge is -2.09. The zero-order valence-electron chi connectivity index (χ0n) is 14.0. The van der Waals surface area contributed by atoms with Crippen LogP contribution in [0.4, 0.5) is 10.9 Å². The molecule has 0 radical (unpaired) electrons. The first-order valence-electron chi connectivity index (χ1n) is 7.85. The topological polar surface area (TPSA) is 76.1 Å². The van der Waals surface area contributed by atoms with Crippen LogP contribution >= 0.6 is 22.9 Å². The van der Waals surface area contributed by atoms with Crippen molar-refractivity contribution in [2.45, 2.75) is 13.0 Å². The summed E-state index contributed by atoms with van der Waals surface area (Å²) < 4.78 is 5.28. The molecule has 3 aromatic rings. The van der Waals surface area contributed by atoms with Crippen molar-refractivity contribution in [1.29, 1.82) is 0 Å². The second-order valence-corrected chi connectivity index (χ2v) is 6.69. The van der Waals surface area contributed by atoms with Gasteiger partial charge in [-0.25, -0.2) is 9.97 Å². The first kappa shape index (κ1) is 18.2. The van der Waals surface area contributed by atoms with Gasteiger partial charge in [0.25, 0.3) is 0 Å². The van der Waals surface area contributed by atoms with Crippen LogP contribution in [0.1, 0.15) is 11.3 Å². The molecule has 0 aliphatic carbocycles. The number of pyridine rings is 1. The van der Waals surface area contributed by atoms with Gasteiger partial charge in [-0.2, -0.15) is 0 Å². The van der Waals surface area contributed by atoms with Crippen LogP contribution in [0.25, 0.3) is 0 Å². The van der Waals surface area contributed by atoms with E-state index in [0.717, 1.165) is 11.3 Å². The molecule has 1 amide bonds. The minimum Gasteiger partial charge on any atom is -0.496 e. The van der Waals surface area contributed by atoms with Crippen molar-refractivity contribution < 1.29 is 9.53 Å². The van der Waals surface area contributed by atoms with Crippen LogP contribution in [0.5, 0.6) is 5.75 Å². The third kappa shape index (κ3) is 4.93. The third-order valence-corrected chi connectivity index (χ3v) is 4.55.